The van der Waals surface area contributed by atoms with E-state index in [0.717, 1.165) is 24.1 Å². The van der Waals surface area contributed by atoms with Crippen LogP contribution in [0.4, 0.5) is 4.79 Å². The van der Waals surface area contributed by atoms with E-state index in [-0.39, 0.29) is 30.1 Å². The molecule has 0 fully saturated rings. The highest BCUT2D eigenvalue weighted by atomic mass is 127. The van der Waals surface area contributed by atoms with Crippen LogP contribution in [0.1, 0.15) is 52.2 Å². The van der Waals surface area contributed by atoms with Crippen molar-refractivity contribution in [1.29, 1.82) is 0 Å². The van der Waals surface area contributed by atoms with Crippen LogP contribution in [0.5, 0.6) is 0 Å². The van der Waals surface area contributed by atoms with Crippen LogP contribution in [0.3, 0.4) is 0 Å². The lowest BCUT2D eigenvalue weighted by molar-refractivity contribution is 0.0285. The number of benzene rings is 1. The maximum absolute atomic E-state index is 12.0. The van der Waals surface area contributed by atoms with Crippen molar-refractivity contribution in [3.8, 4) is 0 Å². The summed E-state index contributed by atoms with van der Waals surface area (Å²) in [6.07, 6.45) is 0.738. The molecule has 0 saturated heterocycles. The molecule has 0 aliphatic carbocycles. The fourth-order valence-electron chi connectivity index (χ4n) is 2.15. The first kappa shape index (κ1) is 25.5. The Morgan fingerprint density at radius 1 is 1.22 bits per heavy atom. The molecule has 154 valence electrons. The molecule has 27 heavy (non-hydrogen) atoms. The van der Waals surface area contributed by atoms with Crippen molar-refractivity contribution >= 4 is 36.0 Å². The molecule has 1 amide bonds. The third-order valence-corrected chi connectivity index (χ3v) is 3.61. The van der Waals surface area contributed by atoms with Gasteiger partial charge in [0.05, 0.1) is 6.54 Å². The molecule has 1 aromatic carbocycles. The molecule has 0 atom stereocenters. The average molecular weight is 490 g/mol. The molecule has 0 bridgehead atoms. The van der Waals surface area contributed by atoms with E-state index in [0.29, 0.717) is 25.0 Å². The molecular weight excluding hydrogens is 455 g/mol. The predicted octanol–water partition coefficient (Wildman–Crippen LogP) is 4.12. The fraction of sp³-hybridized carbons (Fsp3) is 0.600. The zero-order valence-electron chi connectivity index (χ0n) is 17.4. The average Bonchev–Trinajstić information content (AvgIpc) is 2.52. The molecule has 6 nitrogen and oxygen atoms in total. The maximum atomic E-state index is 12.0. The summed E-state index contributed by atoms with van der Waals surface area (Å²) in [5.74, 6) is 1.11. The number of nitrogens with one attached hydrogen (secondary N) is 1. The Morgan fingerprint density at radius 3 is 2.30 bits per heavy atom. The van der Waals surface area contributed by atoms with E-state index >= 15 is 0 Å². The Kier molecular flexibility index (Phi) is 11.4. The van der Waals surface area contributed by atoms with Crippen LogP contribution in [0.25, 0.3) is 0 Å². The SMILES string of the molecule is CC(C)CCNC(N)=NCc1ccc(CN(C)C(=O)OC(C)(C)C)cc1.I. The topological polar surface area (TPSA) is 80.0 Å². The van der Waals surface area contributed by atoms with Crippen molar-refractivity contribution in [3.63, 3.8) is 0 Å². The second-order valence-corrected chi connectivity index (χ2v) is 7.96. The number of carbonyl (C=O) groups excluding carboxylic acids is 1. The lowest BCUT2D eigenvalue weighted by atomic mass is 10.1. The Balaban J connectivity index is 0.00000676. The molecule has 0 heterocycles. The van der Waals surface area contributed by atoms with Crippen LogP contribution in [-0.2, 0) is 17.8 Å². The van der Waals surface area contributed by atoms with Gasteiger partial charge in [0, 0.05) is 20.1 Å². The van der Waals surface area contributed by atoms with Crippen LogP contribution in [0.15, 0.2) is 29.3 Å². The van der Waals surface area contributed by atoms with E-state index < -0.39 is 5.60 Å². The number of carbonyl (C=O) groups is 1. The van der Waals surface area contributed by atoms with Crippen LogP contribution >= 0.6 is 24.0 Å². The summed E-state index contributed by atoms with van der Waals surface area (Å²) in [7, 11) is 1.73. The number of hydrogen-bond donors (Lipinski definition) is 2. The lowest BCUT2D eigenvalue weighted by Crippen LogP contribution is -2.33. The second kappa shape index (κ2) is 12.0. The van der Waals surface area contributed by atoms with E-state index in [2.05, 4.69) is 24.2 Å². The summed E-state index contributed by atoms with van der Waals surface area (Å²) in [5.41, 5.74) is 7.49. The van der Waals surface area contributed by atoms with Crippen molar-refractivity contribution in [2.75, 3.05) is 13.6 Å². The first-order valence-electron chi connectivity index (χ1n) is 9.12. The molecule has 0 aliphatic rings. The summed E-state index contributed by atoms with van der Waals surface area (Å²) in [6, 6.07) is 7.99. The van der Waals surface area contributed by atoms with Crippen molar-refractivity contribution in [2.45, 2.75) is 59.7 Å². The van der Waals surface area contributed by atoms with E-state index in [1.165, 1.54) is 0 Å². The van der Waals surface area contributed by atoms with Gasteiger partial charge in [0.15, 0.2) is 5.96 Å². The van der Waals surface area contributed by atoms with Crippen molar-refractivity contribution in [1.82, 2.24) is 10.2 Å². The standard InChI is InChI=1S/C20H34N4O2.HI/c1-15(2)11-12-22-18(21)23-13-16-7-9-17(10-8-16)14-24(6)19(25)26-20(3,4)5;/h7-10,15H,11-14H2,1-6H3,(H3,21,22,23);1H. The Bertz CT molecular complexity index is 595. The predicted molar refractivity (Wildman–Crippen MR) is 122 cm³/mol. The Morgan fingerprint density at radius 2 is 1.78 bits per heavy atom. The molecule has 0 spiro atoms. The summed E-state index contributed by atoms with van der Waals surface area (Å²) in [5, 5.41) is 3.12. The minimum absolute atomic E-state index is 0. The third kappa shape index (κ3) is 11.7. The number of guanidine groups is 1. The molecule has 7 heteroatoms. The molecule has 0 aromatic heterocycles. The van der Waals surface area contributed by atoms with Crippen LogP contribution in [0.2, 0.25) is 0 Å². The van der Waals surface area contributed by atoms with Gasteiger partial charge in [0.2, 0.25) is 0 Å². The number of hydrogen-bond acceptors (Lipinski definition) is 3. The molecule has 3 N–H and O–H groups in total. The van der Waals surface area contributed by atoms with Crippen LogP contribution in [-0.4, -0.2) is 36.1 Å². The minimum Gasteiger partial charge on any atom is -0.444 e. The van der Waals surface area contributed by atoms with Crippen LogP contribution in [0, 0.1) is 5.92 Å². The highest BCUT2D eigenvalue weighted by Crippen LogP contribution is 2.12. The zero-order valence-corrected chi connectivity index (χ0v) is 19.7. The smallest absolute Gasteiger partial charge is 0.410 e. The van der Waals surface area contributed by atoms with E-state index in [1.807, 2.05) is 45.0 Å². The van der Waals surface area contributed by atoms with Gasteiger partial charge in [-0.3, -0.25) is 0 Å². The summed E-state index contributed by atoms with van der Waals surface area (Å²) in [6.45, 7) is 11.8. The van der Waals surface area contributed by atoms with Crippen molar-refractivity contribution < 1.29 is 9.53 Å². The summed E-state index contributed by atoms with van der Waals surface area (Å²) in [4.78, 5) is 17.9. The van der Waals surface area contributed by atoms with Gasteiger partial charge in [0.1, 0.15) is 5.60 Å². The quantitative estimate of drug-likeness (QED) is 0.342. The number of nitrogens with two attached hydrogens (primary N) is 1. The van der Waals surface area contributed by atoms with Crippen LogP contribution < -0.4 is 11.1 Å². The minimum atomic E-state index is -0.490. The molecule has 0 saturated carbocycles. The maximum Gasteiger partial charge on any atom is 0.410 e. The van der Waals surface area contributed by atoms with E-state index in [4.69, 9.17) is 10.5 Å². The third-order valence-electron chi connectivity index (χ3n) is 3.61. The number of halogens is 1. The summed E-state index contributed by atoms with van der Waals surface area (Å²) >= 11 is 0. The molecule has 0 unspecified atom stereocenters. The Hall–Kier alpha value is -1.51. The van der Waals surface area contributed by atoms with Gasteiger partial charge in [0.25, 0.3) is 0 Å². The number of rotatable bonds is 7. The van der Waals surface area contributed by atoms with Crippen molar-refractivity contribution in [3.05, 3.63) is 35.4 Å². The van der Waals surface area contributed by atoms with Gasteiger partial charge < -0.3 is 20.7 Å². The summed E-state index contributed by atoms with van der Waals surface area (Å²) < 4.78 is 5.36. The Labute approximate surface area is 181 Å². The highest BCUT2D eigenvalue weighted by Gasteiger charge is 2.19. The molecule has 0 radical (unpaired) electrons. The first-order valence-corrected chi connectivity index (χ1v) is 9.12. The number of ether oxygens (including phenoxy) is 1. The number of aliphatic imine (C=N–C) groups is 1. The highest BCUT2D eigenvalue weighted by molar-refractivity contribution is 14.0. The molecule has 1 rings (SSSR count). The largest absolute Gasteiger partial charge is 0.444 e. The van der Waals surface area contributed by atoms with E-state index in [1.54, 1.807) is 11.9 Å². The van der Waals surface area contributed by atoms with E-state index in [9.17, 15) is 4.79 Å². The number of amides is 1. The molecular formula is C20H35IN4O2. The van der Waals surface area contributed by atoms with Gasteiger partial charge in [-0.05, 0) is 44.2 Å². The van der Waals surface area contributed by atoms with Gasteiger partial charge in [-0.15, -0.1) is 24.0 Å². The number of nitrogens with zero attached hydrogens (tertiary/aromatic N) is 2. The lowest BCUT2D eigenvalue weighted by Gasteiger charge is -2.24. The zero-order chi connectivity index (χ0) is 19.7. The van der Waals surface area contributed by atoms with Gasteiger partial charge in [-0.2, -0.15) is 0 Å². The van der Waals surface area contributed by atoms with Crippen molar-refractivity contribution in [2.24, 2.45) is 16.6 Å². The monoisotopic (exact) mass is 490 g/mol. The van der Waals surface area contributed by atoms with Gasteiger partial charge in [-0.1, -0.05) is 38.1 Å². The fourth-order valence-corrected chi connectivity index (χ4v) is 2.15. The molecule has 1 aromatic rings. The first-order chi connectivity index (χ1) is 12.1. The van der Waals surface area contributed by atoms with Gasteiger partial charge >= 0.3 is 6.09 Å². The second-order valence-electron chi connectivity index (χ2n) is 7.96. The normalized spacial score (nSPS) is 11.7. The van der Waals surface area contributed by atoms with Gasteiger partial charge in [-0.25, -0.2) is 9.79 Å². The molecule has 0 aliphatic heterocycles.